The molecule has 2 aromatic rings. The Balaban J connectivity index is 1.59. The molecule has 6 nitrogen and oxygen atoms in total. The highest BCUT2D eigenvalue weighted by molar-refractivity contribution is 6.15. The van der Waals surface area contributed by atoms with Crippen molar-refractivity contribution in [3.8, 4) is 0 Å². The standard InChI is InChI=1S/C26H31N3O3/c1-16-13-19(4)23(20(5)14-16)24-26(25(31-28-24)29-9-11-30-12-10-29)15-21(27-32-26)22-17(2)7-6-8-18(22)3/h6-8,13-14,25H,9-12,15H2,1-5H3/t25-,26-/m0/s1. The molecular weight excluding hydrogens is 402 g/mol. The summed E-state index contributed by atoms with van der Waals surface area (Å²) in [6, 6.07) is 10.7. The fourth-order valence-corrected chi connectivity index (χ4v) is 5.48. The number of ether oxygens (including phenoxy) is 1. The third-order valence-corrected chi connectivity index (χ3v) is 6.85. The van der Waals surface area contributed by atoms with E-state index in [1.807, 2.05) is 0 Å². The predicted octanol–water partition coefficient (Wildman–Crippen LogP) is 4.18. The van der Waals surface area contributed by atoms with Crippen LogP contribution in [0.15, 0.2) is 40.6 Å². The summed E-state index contributed by atoms with van der Waals surface area (Å²) in [6.45, 7) is 13.6. The number of morpholine rings is 1. The summed E-state index contributed by atoms with van der Waals surface area (Å²) in [5.41, 5.74) is 9.27. The van der Waals surface area contributed by atoms with Gasteiger partial charge in [-0.25, -0.2) is 0 Å². The zero-order valence-electron chi connectivity index (χ0n) is 19.6. The van der Waals surface area contributed by atoms with E-state index in [0.29, 0.717) is 19.6 Å². The first kappa shape index (κ1) is 21.2. The number of aryl methyl sites for hydroxylation is 5. The first-order valence-corrected chi connectivity index (χ1v) is 11.4. The zero-order chi connectivity index (χ0) is 22.5. The van der Waals surface area contributed by atoms with Crippen molar-refractivity contribution in [2.24, 2.45) is 10.3 Å². The van der Waals surface area contributed by atoms with Gasteiger partial charge >= 0.3 is 0 Å². The van der Waals surface area contributed by atoms with Gasteiger partial charge in [-0.1, -0.05) is 46.2 Å². The highest BCUT2D eigenvalue weighted by Crippen LogP contribution is 2.42. The topological polar surface area (TPSA) is 55.7 Å². The summed E-state index contributed by atoms with van der Waals surface area (Å²) < 4.78 is 5.59. The molecule has 0 saturated carbocycles. The first-order valence-electron chi connectivity index (χ1n) is 11.4. The van der Waals surface area contributed by atoms with Gasteiger partial charge in [-0.3, -0.25) is 4.90 Å². The molecule has 0 amide bonds. The Morgan fingerprint density at radius 3 is 2.19 bits per heavy atom. The lowest BCUT2D eigenvalue weighted by Gasteiger charge is -2.37. The lowest BCUT2D eigenvalue weighted by molar-refractivity contribution is -0.159. The van der Waals surface area contributed by atoms with E-state index in [4.69, 9.17) is 14.4 Å². The van der Waals surface area contributed by atoms with E-state index in [1.54, 1.807) is 0 Å². The molecule has 6 heteroatoms. The minimum Gasteiger partial charge on any atom is -0.379 e. The number of hydrogen-bond acceptors (Lipinski definition) is 6. The van der Waals surface area contributed by atoms with Gasteiger partial charge in [0, 0.05) is 30.6 Å². The highest BCUT2D eigenvalue weighted by atomic mass is 16.7. The van der Waals surface area contributed by atoms with Gasteiger partial charge in [-0.2, -0.15) is 0 Å². The monoisotopic (exact) mass is 433 g/mol. The van der Waals surface area contributed by atoms with Crippen LogP contribution in [-0.2, 0) is 14.4 Å². The summed E-state index contributed by atoms with van der Waals surface area (Å²) in [5, 5.41) is 9.32. The van der Waals surface area contributed by atoms with Gasteiger partial charge in [0.15, 0.2) is 0 Å². The molecule has 0 aliphatic carbocycles. The van der Waals surface area contributed by atoms with E-state index in [-0.39, 0.29) is 6.23 Å². The van der Waals surface area contributed by atoms with E-state index < -0.39 is 5.60 Å². The molecule has 0 aromatic heterocycles. The summed E-state index contributed by atoms with van der Waals surface area (Å²) in [6.07, 6.45) is 0.277. The quantitative estimate of drug-likeness (QED) is 0.729. The maximum absolute atomic E-state index is 6.40. The largest absolute Gasteiger partial charge is 0.379 e. The predicted molar refractivity (Wildman–Crippen MR) is 125 cm³/mol. The van der Waals surface area contributed by atoms with Crippen LogP contribution in [-0.4, -0.2) is 54.5 Å². The average Bonchev–Trinajstić information content (AvgIpc) is 3.33. The van der Waals surface area contributed by atoms with Gasteiger partial charge < -0.3 is 14.4 Å². The molecule has 2 aromatic carbocycles. The van der Waals surface area contributed by atoms with Gasteiger partial charge in [-0.15, -0.1) is 0 Å². The van der Waals surface area contributed by atoms with Crippen molar-refractivity contribution in [1.29, 1.82) is 0 Å². The minimum absolute atomic E-state index is 0.341. The third kappa shape index (κ3) is 3.33. The molecule has 3 heterocycles. The van der Waals surface area contributed by atoms with Gasteiger partial charge in [-0.05, 0) is 56.9 Å². The molecule has 0 bridgehead atoms. The molecule has 0 N–H and O–H groups in total. The molecule has 3 aliphatic rings. The Kier molecular flexibility index (Phi) is 5.30. The molecular formula is C26H31N3O3. The van der Waals surface area contributed by atoms with Crippen molar-refractivity contribution in [3.63, 3.8) is 0 Å². The van der Waals surface area contributed by atoms with Gasteiger partial charge in [0.05, 0.1) is 18.9 Å². The van der Waals surface area contributed by atoms with Crippen LogP contribution in [0.1, 0.15) is 45.4 Å². The SMILES string of the molecule is Cc1cc(C)c(C2=NO[C@H](N3CCOCC3)[C@]23CC(c2c(C)cccc2C)=NO3)c(C)c1. The average molecular weight is 434 g/mol. The van der Waals surface area contributed by atoms with Crippen molar-refractivity contribution in [3.05, 3.63) is 69.3 Å². The van der Waals surface area contributed by atoms with Crippen LogP contribution in [0, 0.1) is 34.6 Å². The molecule has 1 fully saturated rings. The molecule has 32 heavy (non-hydrogen) atoms. The second-order valence-electron chi connectivity index (χ2n) is 9.28. The van der Waals surface area contributed by atoms with Crippen LogP contribution >= 0.6 is 0 Å². The Morgan fingerprint density at radius 2 is 1.53 bits per heavy atom. The highest BCUT2D eigenvalue weighted by Gasteiger charge is 2.60. The van der Waals surface area contributed by atoms with Crippen molar-refractivity contribution >= 4 is 11.4 Å². The maximum atomic E-state index is 6.40. The summed E-state index contributed by atoms with van der Waals surface area (Å²) in [4.78, 5) is 14.8. The molecule has 0 radical (unpaired) electrons. The smallest absolute Gasteiger partial charge is 0.241 e. The van der Waals surface area contributed by atoms with Gasteiger partial charge in [0.1, 0.15) is 5.71 Å². The maximum Gasteiger partial charge on any atom is 0.241 e. The Bertz CT molecular complexity index is 1070. The molecule has 0 unspecified atom stereocenters. The second kappa shape index (κ2) is 8.01. The molecule has 1 saturated heterocycles. The van der Waals surface area contributed by atoms with Crippen LogP contribution in [0.3, 0.4) is 0 Å². The van der Waals surface area contributed by atoms with Gasteiger partial charge in [0.25, 0.3) is 0 Å². The Morgan fingerprint density at radius 1 is 0.875 bits per heavy atom. The number of oxime groups is 2. The van der Waals surface area contributed by atoms with Crippen molar-refractivity contribution in [1.82, 2.24) is 4.90 Å². The molecule has 3 aliphatic heterocycles. The number of benzene rings is 2. The molecule has 168 valence electrons. The van der Waals surface area contributed by atoms with E-state index >= 15 is 0 Å². The number of hydrogen-bond donors (Lipinski definition) is 0. The fraction of sp³-hybridized carbons (Fsp3) is 0.462. The Hall–Kier alpha value is -2.70. The van der Waals surface area contributed by atoms with Crippen molar-refractivity contribution in [2.75, 3.05) is 26.3 Å². The van der Waals surface area contributed by atoms with E-state index in [0.717, 1.165) is 35.6 Å². The third-order valence-electron chi connectivity index (χ3n) is 6.85. The molecule has 2 atom stereocenters. The van der Waals surface area contributed by atoms with E-state index in [2.05, 4.69) is 80.2 Å². The van der Waals surface area contributed by atoms with Crippen LogP contribution in [0.5, 0.6) is 0 Å². The van der Waals surface area contributed by atoms with E-state index in [1.165, 1.54) is 27.8 Å². The molecule has 5 rings (SSSR count). The number of rotatable bonds is 3. The lowest BCUT2D eigenvalue weighted by Crippen LogP contribution is -2.57. The normalized spacial score (nSPS) is 25.5. The van der Waals surface area contributed by atoms with Crippen LogP contribution in [0.25, 0.3) is 0 Å². The summed E-state index contributed by atoms with van der Waals surface area (Å²) in [7, 11) is 0. The lowest BCUT2D eigenvalue weighted by atomic mass is 9.80. The van der Waals surface area contributed by atoms with E-state index in [9.17, 15) is 0 Å². The summed E-state index contributed by atoms with van der Waals surface area (Å²) in [5.74, 6) is 0. The first-order chi connectivity index (χ1) is 15.4. The van der Waals surface area contributed by atoms with Crippen LogP contribution in [0.4, 0.5) is 0 Å². The minimum atomic E-state index is -0.786. The molecule has 1 spiro atoms. The van der Waals surface area contributed by atoms with Crippen LogP contribution in [0.2, 0.25) is 0 Å². The Labute approximate surface area is 189 Å². The second-order valence-corrected chi connectivity index (χ2v) is 9.28. The van der Waals surface area contributed by atoms with Crippen molar-refractivity contribution < 1.29 is 14.4 Å². The van der Waals surface area contributed by atoms with Crippen molar-refractivity contribution in [2.45, 2.75) is 52.9 Å². The van der Waals surface area contributed by atoms with Gasteiger partial charge in [0.2, 0.25) is 11.8 Å². The summed E-state index contributed by atoms with van der Waals surface area (Å²) >= 11 is 0. The number of nitrogens with zero attached hydrogens (tertiary/aromatic N) is 3. The zero-order valence-corrected chi connectivity index (χ0v) is 19.6. The van der Waals surface area contributed by atoms with Crippen LogP contribution < -0.4 is 0 Å². The fourth-order valence-electron chi connectivity index (χ4n) is 5.48.